The summed E-state index contributed by atoms with van der Waals surface area (Å²) >= 11 is 1.76. The van der Waals surface area contributed by atoms with E-state index < -0.39 is 6.10 Å². The number of para-hydroxylation sites is 2. The summed E-state index contributed by atoms with van der Waals surface area (Å²) in [6.45, 7) is 0.587. The number of hydrogen-bond donors (Lipinski definition) is 2. The van der Waals surface area contributed by atoms with E-state index in [1.807, 2.05) is 30.3 Å². The summed E-state index contributed by atoms with van der Waals surface area (Å²) in [5.41, 5.74) is 0.641. The standard InChI is InChI=1S/C19H20N2O3S/c22-18(20-11-6-12-25-14-7-2-1-3-8-14)13-17-19(23)21-15-9-4-5-10-16(15)24-17/h1-5,7-10,17H,6,11-13H2,(H,20,22)(H,21,23). The van der Waals surface area contributed by atoms with Crippen molar-refractivity contribution in [3.63, 3.8) is 0 Å². The Kier molecular flexibility index (Phi) is 5.95. The summed E-state index contributed by atoms with van der Waals surface area (Å²) in [4.78, 5) is 25.3. The molecule has 1 aliphatic heterocycles. The first-order chi connectivity index (χ1) is 12.2. The van der Waals surface area contributed by atoms with E-state index in [4.69, 9.17) is 4.74 Å². The van der Waals surface area contributed by atoms with Crippen molar-refractivity contribution in [1.82, 2.24) is 5.32 Å². The minimum Gasteiger partial charge on any atom is -0.478 e. The smallest absolute Gasteiger partial charge is 0.266 e. The van der Waals surface area contributed by atoms with Gasteiger partial charge >= 0.3 is 0 Å². The summed E-state index contributed by atoms with van der Waals surface area (Å²) in [5, 5.41) is 5.61. The van der Waals surface area contributed by atoms with Gasteiger partial charge in [-0.1, -0.05) is 30.3 Å². The maximum Gasteiger partial charge on any atom is 0.266 e. The molecular weight excluding hydrogens is 336 g/mol. The zero-order valence-electron chi connectivity index (χ0n) is 13.7. The second-order valence-corrected chi connectivity index (χ2v) is 6.83. The number of nitrogens with one attached hydrogen (secondary N) is 2. The molecule has 2 N–H and O–H groups in total. The highest BCUT2D eigenvalue weighted by atomic mass is 32.2. The second-order valence-electron chi connectivity index (χ2n) is 5.66. The third kappa shape index (κ3) is 5.00. The van der Waals surface area contributed by atoms with Crippen LogP contribution in [0.5, 0.6) is 5.75 Å². The Balaban J connectivity index is 1.37. The summed E-state index contributed by atoms with van der Waals surface area (Å²) < 4.78 is 5.62. The van der Waals surface area contributed by atoms with Gasteiger partial charge in [-0.15, -0.1) is 11.8 Å². The highest BCUT2D eigenvalue weighted by Gasteiger charge is 2.29. The van der Waals surface area contributed by atoms with Crippen molar-refractivity contribution in [1.29, 1.82) is 0 Å². The summed E-state index contributed by atoms with van der Waals surface area (Å²) in [6, 6.07) is 17.4. The third-order valence-corrected chi connectivity index (χ3v) is 4.83. The molecule has 0 saturated heterocycles. The van der Waals surface area contributed by atoms with Crippen molar-refractivity contribution in [2.75, 3.05) is 17.6 Å². The predicted molar refractivity (Wildman–Crippen MR) is 98.9 cm³/mol. The molecule has 3 rings (SSSR count). The number of rotatable bonds is 7. The van der Waals surface area contributed by atoms with Gasteiger partial charge < -0.3 is 15.4 Å². The molecule has 0 radical (unpaired) electrons. The Labute approximate surface area is 151 Å². The molecule has 1 aliphatic rings. The van der Waals surface area contributed by atoms with Crippen LogP contribution in [-0.2, 0) is 9.59 Å². The number of benzene rings is 2. The van der Waals surface area contributed by atoms with Crippen molar-refractivity contribution in [3.05, 3.63) is 54.6 Å². The van der Waals surface area contributed by atoms with Crippen LogP contribution in [0.2, 0.25) is 0 Å². The SMILES string of the molecule is O=C(CC1Oc2ccccc2NC1=O)NCCCSc1ccccc1. The zero-order valence-corrected chi connectivity index (χ0v) is 14.6. The van der Waals surface area contributed by atoms with E-state index in [1.165, 1.54) is 4.90 Å². The molecule has 0 spiro atoms. The Morgan fingerprint density at radius 2 is 1.88 bits per heavy atom. The lowest BCUT2D eigenvalue weighted by Crippen LogP contribution is -2.41. The number of ether oxygens (including phenoxy) is 1. The largest absolute Gasteiger partial charge is 0.478 e. The van der Waals surface area contributed by atoms with Gasteiger partial charge in [0.2, 0.25) is 5.91 Å². The van der Waals surface area contributed by atoms with Crippen LogP contribution in [-0.4, -0.2) is 30.2 Å². The number of thioether (sulfide) groups is 1. The Morgan fingerprint density at radius 1 is 1.12 bits per heavy atom. The molecule has 0 aromatic heterocycles. The molecule has 2 aromatic carbocycles. The van der Waals surface area contributed by atoms with Gasteiger partial charge in [-0.2, -0.15) is 0 Å². The number of anilines is 1. The van der Waals surface area contributed by atoms with Gasteiger partial charge in [-0.05, 0) is 36.4 Å². The summed E-state index contributed by atoms with van der Waals surface area (Å²) in [7, 11) is 0. The minimum atomic E-state index is -0.784. The molecule has 0 aliphatic carbocycles. The van der Waals surface area contributed by atoms with E-state index >= 15 is 0 Å². The van der Waals surface area contributed by atoms with Gasteiger partial charge in [0.1, 0.15) is 5.75 Å². The fraction of sp³-hybridized carbons (Fsp3) is 0.263. The minimum absolute atomic E-state index is 0.0198. The van der Waals surface area contributed by atoms with Crippen LogP contribution in [0, 0.1) is 0 Å². The molecule has 1 unspecified atom stereocenters. The van der Waals surface area contributed by atoms with E-state index in [-0.39, 0.29) is 18.2 Å². The molecule has 5 nitrogen and oxygen atoms in total. The molecule has 0 fully saturated rings. The van der Waals surface area contributed by atoms with E-state index in [0.717, 1.165) is 12.2 Å². The van der Waals surface area contributed by atoms with Gasteiger partial charge in [0.05, 0.1) is 12.1 Å². The van der Waals surface area contributed by atoms with Crippen LogP contribution < -0.4 is 15.4 Å². The molecule has 0 saturated carbocycles. The fourth-order valence-corrected chi connectivity index (χ4v) is 3.35. The normalized spacial score (nSPS) is 15.7. The van der Waals surface area contributed by atoms with E-state index in [1.54, 1.807) is 23.9 Å². The summed E-state index contributed by atoms with van der Waals surface area (Å²) in [5.74, 6) is 1.06. The molecule has 130 valence electrons. The number of amides is 2. The maximum absolute atomic E-state index is 12.0. The predicted octanol–water partition coefficient (Wildman–Crippen LogP) is 3.07. The van der Waals surface area contributed by atoms with Crippen LogP contribution in [0.1, 0.15) is 12.8 Å². The first kappa shape index (κ1) is 17.4. The molecule has 6 heteroatoms. The van der Waals surface area contributed by atoms with Gasteiger partial charge in [0.25, 0.3) is 5.91 Å². The molecule has 1 heterocycles. The zero-order chi connectivity index (χ0) is 17.5. The van der Waals surface area contributed by atoms with Crippen LogP contribution in [0.4, 0.5) is 5.69 Å². The average molecular weight is 356 g/mol. The lowest BCUT2D eigenvalue weighted by molar-refractivity contribution is -0.130. The van der Waals surface area contributed by atoms with Crippen molar-refractivity contribution in [2.24, 2.45) is 0 Å². The van der Waals surface area contributed by atoms with E-state index in [9.17, 15) is 9.59 Å². The molecule has 25 heavy (non-hydrogen) atoms. The van der Waals surface area contributed by atoms with Crippen molar-refractivity contribution < 1.29 is 14.3 Å². The Hall–Kier alpha value is -2.47. The molecule has 0 bridgehead atoms. The van der Waals surface area contributed by atoms with Gasteiger partial charge in [0, 0.05) is 11.4 Å². The summed E-state index contributed by atoms with van der Waals surface area (Å²) in [6.07, 6.45) is 0.103. The van der Waals surface area contributed by atoms with Crippen LogP contribution >= 0.6 is 11.8 Å². The Morgan fingerprint density at radius 3 is 2.72 bits per heavy atom. The molecular formula is C19H20N2O3S. The maximum atomic E-state index is 12.0. The monoisotopic (exact) mass is 356 g/mol. The van der Waals surface area contributed by atoms with Gasteiger partial charge in [-0.25, -0.2) is 0 Å². The topological polar surface area (TPSA) is 67.4 Å². The molecule has 1 atom stereocenters. The number of hydrogen-bond acceptors (Lipinski definition) is 4. The highest BCUT2D eigenvalue weighted by Crippen LogP contribution is 2.29. The first-order valence-electron chi connectivity index (χ1n) is 8.23. The Bertz CT molecular complexity index is 736. The lowest BCUT2D eigenvalue weighted by Gasteiger charge is -2.25. The lowest BCUT2D eigenvalue weighted by atomic mass is 10.1. The first-order valence-corrected chi connectivity index (χ1v) is 9.22. The average Bonchev–Trinajstić information content (AvgIpc) is 2.63. The number of carbonyl (C=O) groups is 2. The number of carbonyl (C=O) groups excluding carboxylic acids is 2. The quantitative estimate of drug-likeness (QED) is 0.591. The molecule has 2 aromatic rings. The van der Waals surface area contributed by atoms with Crippen molar-refractivity contribution >= 4 is 29.3 Å². The van der Waals surface area contributed by atoms with Gasteiger partial charge in [-0.3, -0.25) is 9.59 Å². The third-order valence-electron chi connectivity index (χ3n) is 3.73. The second kappa shape index (κ2) is 8.58. The number of fused-ring (bicyclic) bond motifs is 1. The van der Waals surface area contributed by atoms with Crippen LogP contribution in [0.3, 0.4) is 0 Å². The fourth-order valence-electron chi connectivity index (χ4n) is 2.47. The van der Waals surface area contributed by atoms with Gasteiger partial charge in [0.15, 0.2) is 6.10 Å². The van der Waals surface area contributed by atoms with E-state index in [2.05, 4.69) is 22.8 Å². The van der Waals surface area contributed by atoms with E-state index in [0.29, 0.717) is 18.0 Å². The van der Waals surface area contributed by atoms with Crippen molar-refractivity contribution in [2.45, 2.75) is 23.8 Å². The molecule has 2 amide bonds. The van der Waals surface area contributed by atoms with Crippen LogP contribution in [0.25, 0.3) is 0 Å². The van der Waals surface area contributed by atoms with Crippen LogP contribution in [0.15, 0.2) is 59.5 Å². The highest BCUT2D eigenvalue weighted by molar-refractivity contribution is 7.99. The van der Waals surface area contributed by atoms with Crippen molar-refractivity contribution in [3.8, 4) is 5.75 Å².